The third kappa shape index (κ3) is 8.52. The average Bonchev–Trinajstić information content (AvgIpc) is 2.57. The predicted molar refractivity (Wildman–Crippen MR) is 102 cm³/mol. The Hall–Kier alpha value is -1.31. The normalized spacial score (nSPS) is 12.4. The van der Waals surface area contributed by atoms with Crippen molar-refractivity contribution in [2.45, 2.75) is 91.6 Å². The number of hydrogen-bond donors (Lipinski definition) is 0. The van der Waals surface area contributed by atoms with Crippen LogP contribution >= 0.6 is 0 Å². The number of carbonyl (C=O) groups excluding carboxylic acids is 1. The molecule has 0 amide bonds. The highest BCUT2D eigenvalue weighted by Gasteiger charge is 2.14. The van der Waals surface area contributed by atoms with Gasteiger partial charge >= 0.3 is 5.97 Å². The molecule has 0 aliphatic carbocycles. The van der Waals surface area contributed by atoms with Crippen LogP contribution in [0.5, 0.6) is 0 Å². The molecule has 0 radical (unpaired) electrons. The van der Waals surface area contributed by atoms with Crippen molar-refractivity contribution in [3.63, 3.8) is 0 Å². The van der Waals surface area contributed by atoms with Gasteiger partial charge in [0.1, 0.15) is 6.10 Å². The van der Waals surface area contributed by atoms with Crippen LogP contribution in [0.25, 0.3) is 0 Å². The number of aryl methyl sites for hydroxylation is 1. The molecule has 1 rings (SSSR count). The first kappa shape index (κ1) is 20.7. The van der Waals surface area contributed by atoms with Gasteiger partial charge in [-0.05, 0) is 43.4 Å². The number of esters is 1. The van der Waals surface area contributed by atoms with Crippen LogP contribution in [-0.4, -0.2) is 12.1 Å². The molecule has 136 valence electrons. The molecule has 1 aromatic rings. The minimum atomic E-state index is -0.213. The van der Waals surface area contributed by atoms with E-state index in [1.807, 2.05) is 19.1 Å². The molecule has 0 saturated heterocycles. The van der Waals surface area contributed by atoms with Gasteiger partial charge in [-0.1, -0.05) is 77.8 Å². The first-order chi connectivity index (χ1) is 11.5. The van der Waals surface area contributed by atoms with Crippen LogP contribution in [-0.2, 0) is 11.2 Å². The van der Waals surface area contributed by atoms with Crippen LogP contribution < -0.4 is 0 Å². The molecule has 0 fully saturated rings. The molecule has 0 heterocycles. The zero-order valence-electron chi connectivity index (χ0n) is 16.1. The highest BCUT2D eigenvalue weighted by molar-refractivity contribution is 5.89. The fourth-order valence-electron chi connectivity index (χ4n) is 2.64. The Kier molecular flexibility index (Phi) is 10.5. The largest absolute Gasteiger partial charge is 0.459 e. The number of benzene rings is 1. The summed E-state index contributed by atoms with van der Waals surface area (Å²) in [6.07, 6.45) is 11.8. The minimum Gasteiger partial charge on any atom is -0.459 e. The Morgan fingerprint density at radius 2 is 1.42 bits per heavy atom. The summed E-state index contributed by atoms with van der Waals surface area (Å²) in [7, 11) is 0. The van der Waals surface area contributed by atoms with E-state index in [9.17, 15) is 4.79 Å². The predicted octanol–water partition coefficient (Wildman–Crippen LogP) is 6.57. The van der Waals surface area contributed by atoms with Gasteiger partial charge in [-0.2, -0.15) is 0 Å². The zero-order chi connectivity index (χ0) is 17.8. The van der Waals surface area contributed by atoms with E-state index >= 15 is 0 Å². The van der Waals surface area contributed by atoms with Gasteiger partial charge in [-0.25, -0.2) is 4.79 Å². The van der Waals surface area contributed by atoms with Gasteiger partial charge in [0.2, 0.25) is 0 Å². The third-order valence-corrected chi connectivity index (χ3v) is 4.74. The van der Waals surface area contributed by atoms with Gasteiger partial charge in [0.05, 0.1) is 5.56 Å². The standard InChI is InChI=1S/C22H36O2/c1-5-6-7-8-9-10-11-12-13-20-14-16-21(17-15-20)22(23)24-19(4)18(2)3/h14-19H,5-13H2,1-4H3. The smallest absolute Gasteiger partial charge is 0.338 e. The Bertz CT molecular complexity index is 448. The minimum absolute atomic E-state index is 0.0468. The molecular formula is C22H36O2. The summed E-state index contributed by atoms with van der Waals surface area (Å²) in [5, 5.41) is 0. The van der Waals surface area contributed by atoms with Gasteiger partial charge in [0.25, 0.3) is 0 Å². The van der Waals surface area contributed by atoms with E-state index < -0.39 is 0 Å². The van der Waals surface area contributed by atoms with Gasteiger partial charge in [-0.15, -0.1) is 0 Å². The van der Waals surface area contributed by atoms with Gasteiger partial charge < -0.3 is 4.74 Å². The van der Waals surface area contributed by atoms with Crippen molar-refractivity contribution in [1.29, 1.82) is 0 Å². The van der Waals surface area contributed by atoms with Gasteiger partial charge in [0.15, 0.2) is 0 Å². The Morgan fingerprint density at radius 1 is 0.875 bits per heavy atom. The molecule has 1 atom stereocenters. The SMILES string of the molecule is CCCCCCCCCCc1ccc(C(=O)OC(C)C(C)C)cc1. The molecule has 0 N–H and O–H groups in total. The molecule has 0 saturated carbocycles. The monoisotopic (exact) mass is 332 g/mol. The number of unbranched alkanes of at least 4 members (excludes halogenated alkanes) is 7. The highest BCUT2D eigenvalue weighted by Crippen LogP contribution is 2.14. The molecule has 0 aromatic heterocycles. The van der Waals surface area contributed by atoms with E-state index in [-0.39, 0.29) is 12.1 Å². The van der Waals surface area contributed by atoms with Crippen molar-refractivity contribution >= 4 is 5.97 Å². The molecule has 2 heteroatoms. The maximum Gasteiger partial charge on any atom is 0.338 e. The number of ether oxygens (including phenoxy) is 1. The summed E-state index contributed by atoms with van der Waals surface area (Å²) in [4.78, 5) is 12.1. The zero-order valence-corrected chi connectivity index (χ0v) is 16.1. The fourth-order valence-corrected chi connectivity index (χ4v) is 2.64. The molecule has 0 spiro atoms. The lowest BCUT2D eigenvalue weighted by Gasteiger charge is -2.16. The second-order valence-electron chi connectivity index (χ2n) is 7.28. The Labute approximate surface area is 149 Å². The summed E-state index contributed by atoms with van der Waals surface area (Å²) in [5.41, 5.74) is 1.97. The second-order valence-corrected chi connectivity index (χ2v) is 7.28. The van der Waals surface area contributed by atoms with Crippen LogP contribution in [0.1, 0.15) is 95.0 Å². The van der Waals surface area contributed by atoms with Crippen LogP contribution in [0.4, 0.5) is 0 Å². The van der Waals surface area contributed by atoms with Crippen LogP contribution in [0.15, 0.2) is 24.3 Å². The molecule has 1 aromatic carbocycles. The molecule has 24 heavy (non-hydrogen) atoms. The Balaban J connectivity index is 2.23. The van der Waals surface area contributed by atoms with Crippen LogP contribution in [0, 0.1) is 5.92 Å². The Morgan fingerprint density at radius 3 is 1.96 bits per heavy atom. The maximum atomic E-state index is 12.1. The topological polar surface area (TPSA) is 26.3 Å². The molecule has 1 unspecified atom stereocenters. The molecule has 0 aliphatic heterocycles. The summed E-state index contributed by atoms with van der Waals surface area (Å²) < 4.78 is 5.45. The highest BCUT2D eigenvalue weighted by atomic mass is 16.5. The molecule has 2 nitrogen and oxygen atoms in total. The lowest BCUT2D eigenvalue weighted by Crippen LogP contribution is -2.20. The van der Waals surface area contributed by atoms with Crippen LogP contribution in [0.2, 0.25) is 0 Å². The van der Waals surface area contributed by atoms with E-state index in [0.29, 0.717) is 11.5 Å². The summed E-state index contributed by atoms with van der Waals surface area (Å²) in [6.45, 7) is 8.32. The van der Waals surface area contributed by atoms with E-state index in [0.717, 1.165) is 6.42 Å². The summed E-state index contributed by atoms with van der Waals surface area (Å²) in [6, 6.07) is 7.93. The second kappa shape index (κ2) is 12.1. The number of hydrogen-bond acceptors (Lipinski definition) is 2. The quantitative estimate of drug-likeness (QED) is 0.319. The van der Waals surface area contributed by atoms with Gasteiger partial charge in [-0.3, -0.25) is 0 Å². The van der Waals surface area contributed by atoms with E-state index in [4.69, 9.17) is 4.74 Å². The van der Waals surface area contributed by atoms with Gasteiger partial charge in [0, 0.05) is 0 Å². The van der Waals surface area contributed by atoms with Crippen molar-refractivity contribution in [2.24, 2.45) is 5.92 Å². The third-order valence-electron chi connectivity index (χ3n) is 4.74. The molecule has 0 aliphatic rings. The van der Waals surface area contributed by atoms with Crippen molar-refractivity contribution in [3.8, 4) is 0 Å². The fraction of sp³-hybridized carbons (Fsp3) is 0.682. The van der Waals surface area contributed by atoms with Crippen molar-refractivity contribution in [2.75, 3.05) is 0 Å². The summed E-state index contributed by atoms with van der Waals surface area (Å²) >= 11 is 0. The van der Waals surface area contributed by atoms with E-state index in [2.05, 4.69) is 32.9 Å². The lowest BCUT2D eigenvalue weighted by molar-refractivity contribution is 0.0238. The summed E-state index contributed by atoms with van der Waals surface area (Å²) in [5.74, 6) is 0.130. The number of rotatable bonds is 12. The first-order valence-corrected chi connectivity index (χ1v) is 9.84. The van der Waals surface area contributed by atoms with Crippen LogP contribution in [0.3, 0.4) is 0 Å². The number of carbonyl (C=O) groups is 1. The van der Waals surface area contributed by atoms with Crippen molar-refractivity contribution < 1.29 is 9.53 Å². The van der Waals surface area contributed by atoms with Crippen molar-refractivity contribution in [3.05, 3.63) is 35.4 Å². The lowest BCUT2D eigenvalue weighted by atomic mass is 10.0. The average molecular weight is 333 g/mol. The van der Waals surface area contributed by atoms with Crippen molar-refractivity contribution in [1.82, 2.24) is 0 Å². The maximum absolute atomic E-state index is 12.1. The van der Waals surface area contributed by atoms with E-state index in [1.165, 1.54) is 56.9 Å². The van der Waals surface area contributed by atoms with E-state index in [1.54, 1.807) is 0 Å². The molecular weight excluding hydrogens is 296 g/mol. The molecule has 0 bridgehead atoms. The first-order valence-electron chi connectivity index (χ1n) is 9.84.